The van der Waals surface area contributed by atoms with E-state index in [-0.39, 0.29) is 23.3 Å². The van der Waals surface area contributed by atoms with E-state index in [2.05, 4.69) is 15.6 Å². The Morgan fingerprint density at radius 2 is 2.35 bits per heavy atom. The number of carbonyl (C=O) groups excluding carboxylic acids is 1. The van der Waals surface area contributed by atoms with Gasteiger partial charge in [0.25, 0.3) is 0 Å². The Hall–Kier alpha value is -1.67. The molecule has 2 unspecified atom stereocenters. The maximum atomic E-state index is 11.9. The number of aromatic nitrogens is 1. The van der Waals surface area contributed by atoms with Crippen LogP contribution < -0.4 is 10.6 Å². The second-order valence-corrected chi connectivity index (χ2v) is 5.95. The first-order valence-corrected chi connectivity index (χ1v) is 7.13. The SMILES string of the molecule is CC(NC(=O)NC1(C)CCOC1)c1nc(C(=O)O)cs1. The lowest BCUT2D eigenvalue weighted by atomic mass is 10.0. The largest absolute Gasteiger partial charge is 0.476 e. The monoisotopic (exact) mass is 299 g/mol. The van der Waals surface area contributed by atoms with Crippen molar-refractivity contribution in [2.45, 2.75) is 31.8 Å². The van der Waals surface area contributed by atoms with Crippen molar-refractivity contribution in [2.24, 2.45) is 0 Å². The van der Waals surface area contributed by atoms with E-state index in [1.165, 1.54) is 16.7 Å². The second kappa shape index (κ2) is 5.76. The van der Waals surface area contributed by atoms with Crippen LogP contribution in [0.2, 0.25) is 0 Å². The summed E-state index contributed by atoms with van der Waals surface area (Å²) in [5.74, 6) is -1.07. The topological polar surface area (TPSA) is 101 Å². The van der Waals surface area contributed by atoms with E-state index in [4.69, 9.17) is 9.84 Å². The molecule has 0 aliphatic carbocycles. The molecule has 0 bridgehead atoms. The summed E-state index contributed by atoms with van der Waals surface area (Å²) in [5, 5.41) is 16.5. The van der Waals surface area contributed by atoms with Gasteiger partial charge in [0, 0.05) is 12.0 Å². The van der Waals surface area contributed by atoms with Gasteiger partial charge in [-0.15, -0.1) is 11.3 Å². The summed E-state index contributed by atoms with van der Waals surface area (Å²) < 4.78 is 5.26. The lowest BCUT2D eigenvalue weighted by Gasteiger charge is -2.24. The van der Waals surface area contributed by atoms with Crippen molar-refractivity contribution in [1.82, 2.24) is 15.6 Å². The summed E-state index contributed by atoms with van der Waals surface area (Å²) in [6.07, 6.45) is 0.773. The molecule has 20 heavy (non-hydrogen) atoms. The molecule has 0 radical (unpaired) electrons. The van der Waals surface area contributed by atoms with Crippen LogP contribution in [0.3, 0.4) is 0 Å². The van der Waals surface area contributed by atoms with E-state index < -0.39 is 5.97 Å². The molecule has 2 amide bonds. The Labute approximate surface area is 120 Å². The molecule has 2 rings (SSSR count). The van der Waals surface area contributed by atoms with Crippen molar-refractivity contribution in [2.75, 3.05) is 13.2 Å². The van der Waals surface area contributed by atoms with Crippen LogP contribution >= 0.6 is 11.3 Å². The van der Waals surface area contributed by atoms with Crippen molar-refractivity contribution in [3.8, 4) is 0 Å². The van der Waals surface area contributed by atoms with Gasteiger partial charge in [-0.25, -0.2) is 14.6 Å². The number of ether oxygens (including phenoxy) is 1. The first-order valence-electron chi connectivity index (χ1n) is 6.25. The number of carboxylic acid groups (broad SMARTS) is 1. The number of rotatable bonds is 4. The molecule has 1 aliphatic heterocycles. The molecule has 2 atom stereocenters. The smallest absolute Gasteiger partial charge is 0.355 e. The summed E-state index contributed by atoms with van der Waals surface area (Å²) in [7, 11) is 0. The third-order valence-corrected chi connectivity index (χ3v) is 4.12. The number of carbonyl (C=O) groups is 2. The fourth-order valence-electron chi connectivity index (χ4n) is 1.92. The molecule has 0 saturated carbocycles. The Morgan fingerprint density at radius 3 is 2.90 bits per heavy atom. The van der Waals surface area contributed by atoms with E-state index in [9.17, 15) is 9.59 Å². The number of aromatic carboxylic acids is 1. The van der Waals surface area contributed by atoms with Crippen LogP contribution in [0, 0.1) is 0 Å². The molecule has 3 N–H and O–H groups in total. The number of thiazole rings is 1. The van der Waals surface area contributed by atoms with Crippen LogP contribution in [-0.4, -0.2) is 40.8 Å². The molecular weight excluding hydrogens is 282 g/mol. The predicted molar refractivity (Wildman–Crippen MR) is 73.0 cm³/mol. The summed E-state index contributed by atoms with van der Waals surface area (Å²) in [6, 6.07) is -0.656. The normalized spacial score (nSPS) is 23.3. The van der Waals surface area contributed by atoms with Crippen LogP contribution in [0.5, 0.6) is 0 Å². The van der Waals surface area contributed by atoms with Gasteiger partial charge in [0.15, 0.2) is 5.69 Å². The van der Waals surface area contributed by atoms with E-state index in [1.54, 1.807) is 6.92 Å². The van der Waals surface area contributed by atoms with Crippen molar-refractivity contribution in [3.63, 3.8) is 0 Å². The number of carboxylic acids is 1. The highest BCUT2D eigenvalue weighted by Gasteiger charge is 2.31. The van der Waals surface area contributed by atoms with Gasteiger partial charge in [-0.05, 0) is 20.3 Å². The van der Waals surface area contributed by atoms with Gasteiger partial charge in [0.1, 0.15) is 5.01 Å². The van der Waals surface area contributed by atoms with Gasteiger partial charge >= 0.3 is 12.0 Å². The zero-order valence-electron chi connectivity index (χ0n) is 11.3. The fourth-order valence-corrected chi connectivity index (χ4v) is 2.72. The number of urea groups is 1. The average molecular weight is 299 g/mol. The molecule has 1 aromatic rings. The molecular formula is C12H17N3O4S. The van der Waals surface area contributed by atoms with Crippen molar-refractivity contribution < 1.29 is 19.4 Å². The van der Waals surface area contributed by atoms with Crippen LogP contribution in [0.4, 0.5) is 4.79 Å². The molecule has 8 heteroatoms. The quantitative estimate of drug-likeness (QED) is 0.780. The highest BCUT2D eigenvalue weighted by Crippen LogP contribution is 2.19. The number of hydrogen-bond acceptors (Lipinski definition) is 5. The number of hydrogen-bond donors (Lipinski definition) is 3. The molecule has 1 fully saturated rings. The molecule has 1 saturated heterocycles. The first-order chi connectivity index (χ1) is 9.39. The minimum atomic E-state index is -1.07. The van der Waals surface area contributed by atoms with Gasteiger partial charge in [-0.2, -0.15) is 0 Å². The summed E-state index contributed by atoms with van der Waals surface area (Å²) >= 11 is 1.21. The molecule has 0 spiro atoms. The Kier molecular flexibility index (Phi) is 4.24. The molecule has 1 aliphatic rings. The van der Waals surface area contributed by atoms with Crippen molar-refractivity contribution in [3.05, 3.63) is 16.1 Å². The number of nitrogens with one attached hydrogen (secondary N) is 2. The Bertz CT molecular complexity index is 511. The van der Waals surface area contributed by atoms with Crippen LogP contribution in [0.25, 0.3) is 0 Å². The first kappa shape index (κ1) is 14.7. The van der Waals surface area contributed by atoms with E-state index in [0.717, 1.165) is 6.42 Å². The maximum Gasteiger partial charge on any atom is 0.355 e. The molecule has 0 aromatic carbocycles. The number of amides is 2. The lowest BCUT2D eigenvalue weighted by Crippen LogP contribution is -2.51. The van der Waals surface area contributed by atoms with Gasteiger partial charge in [-0.1, -0.05) is 0 Å². The number of nitrogens with zero attached hydrogens (tertiary/aromatic N) is 1. The van der Waals surface area contributed by atoms with Crippen molar-refractivity contribution >= 4 is 23.3 Å². The lowest BCUT2D eigenvalue weighted by molar-refractivity contribution is 0.0691. The van der Waals surface area contributed by atoms with Crippen molar-refractivity contribution in [1.29, 1.82) is 0 Å². The molecule has 2 heterocycles. The minimum absolute atomic E-state index is 0.00443. The summed E-state index contributed by atoms with van der Waals surface area (Å²) in [5.41, 5.74) is -0.353. The predicted octanol–water partition coefficient (Wildman–Crippen LogP) is 1.38. The highest BCUT2D eigenvalue weighted by molar-refractivity contribution is 7.09. The van der Waals surface area contributed by atoms with Crippen LogP contribution in [-0.2, 0) is 4.74 Å². The van der Waals surface area contributed by atoms with Gasteiger partial charge in [0.2, 0.25) is 0 Å². The minimum Gasteiger partial charge on any atom is -0.476 e. The zero-order chi connectivity index (χ0) is 14.8. The third-order valence-electron chi connectivity index (χ3n) is 3.09. The van der Waals surface area contributed by atoms with E-state index in [1.807, 2.05) is 6.92 Å². The zero-order valence-corrected chi connectivity index (χ0v) is 12.1. The molecule has 1 aromatic heterocycles. The second-order valence-electron chi connectivity index (χ2n) is 5.06. The van der Waals surface area contributed by atoms with E-state index >= 15 is 0 Å². The molecule has 7 nitrogen and oxygen atoms in total. The standard InChI is InChI=1S/C12H17N3O4S/c1-7(9-14-8(5-20-9)10(16)17)13-11(18)15-12(2)3-4-19-6-12/h5,7H,3-4,6H2,1-2H3,(H,16,17)(H2,13,15,18). The Morgan fingerprint density at radius 1 is 1.60 bits per heavy atom. The van der Waals surface area contributed by atoms with Gasteiger partial charge in [-0.3, -0.25) is 0 Å². The maximum absolute atomic E-state index is 11.9. The van der Waals surface area contributed by atoms with Gasteiger partial charge < -0.3 is 20.5 Å². The van der Waals surface area contributed by atoms with E-state index in [0.29, 0.717) is 18.2 Å². The fraction of sp³-hybridized carbons (Fsp3) is 0.583. The summed E-state index contributed by atoms with van der Waals surface area (Å²) in [4.78, 5) is 26.6. The molecule has 110 valence electrons. The van der Waals surface area contributed by atoms with Crippen LogP contribution in [0.1, 0.15) is 41.8 Å². The highest BCUT2D eigenvalue weighted by atomic mass is 32.1. The van der Waals surface area contributed by atoms with Gasteiger partial charge in [0.05, 0.1) is 18.2 Å². The van der Waals surface area contributed by atoms with Crippen LogP contribution in [0.15, 0.2) is 5.38 Å². The summed E-state index contributed by atoms with van der Waals surface area (Å²) in [6.45, 7) is 4.82. The Balaban J connectivity index is 1.91. The average Bonchev–Trinajstić information content (AvgIpc) is 2.97. The third kappa shape index (κ3) is 3.45.